The Morgan fingerprint density at radius 1 is 0.927 bits per heavy atom. The predicted octanol–water partition coefficient (Wildman–Crippen LogP) is 5.73. The third-order valence-corrected chi connectivity index (χ3v) is 7.43. The van der Waals surface area contributed by atoms with Crippen LogP contribution in [0.25, 0.3) is 22.9 Å². The van der Waals surface area contributed by atoms with Gasteiger partial charge in [-0.3, -0.25) is 19.3 Å². The molecule has 0 bridgehead atoms. The van der Waals surface area contributed by atoms with E-state index in [2.05, 4.69) is 48.4 Å². The van der Waals surface area contributed by atoms with Crippen molar-refractivity contribution in [2.24, 2.45) is 0 Å². The summed E-state index contributed by atoms with van der Waals surface area (Å²) in [5, 5.41) is 11.3. The number of nitrogens with zero attached hydrogens (tertiary/aromatic N) is 3. The first-order chi connectivity index (χ1) is 19.7. The largest absolute Gasteiger partial charge is 0.416 e. The topological polar surface area (TPSA) is 115 Å². The molecule has 1 unspecified atom stereocenters. The maximum absolute atomic E-state index is 13.1. The van der Waals surface area contributed by atoms with Gasteiger partial charge in [0.15, 0.2) is 0 Å². The molecule has 1 saturated heterocycles. The first-order valence-electron chi connectivity index (χ1n) is 13.7. The zero-order valence-electron chi connectivity index (χ0n) is 23.1. The predicted molar refractivity (Wildman–Crippen MR) is 153 cm³/mol. The van der Waals surface area contributed by atoms with Crippen LogP contribution in [0.15, 0.2) is 71.1 Å². The van der Waals surface area contributed by atoms with E-state index in [1.54, 1.807) is 24.3 Å². The van der Waals surface area contributed by atoms with E-state index >= 15 is 0 Å². The number of imide groups is 1. The molecule has 3 amide bonds. The lowest BCUT2D eigenvalue weighted by Gasteiger charge is -2.18. The van der Waals surface area contributed by atoms with Crippen LogP contribution < -0.4 is 5.32 Å². The third-order valence-electron chi connectivity index (χ3n) is 7.43. The highest BCUT2D eigenvalue weighted by molar-refractivity contribution is 6.22. The number of hydrogen-bond donors (Lipinski definition) is 1. The normalized spacial score (nSPS) is 16.8. The van der Waals surface area contributed by atoms with Crippen molar-refractivity contribution in [3.05, 3.63) is 89.0 Å². The van der Waals surface area contributed by atoms with Gasteiger partial charge in [-0.1, -0.05) is 39.0 Å². The summed E-state index contributed by atoms with van der Waals surface area (Å²) in [6, 6.07) is 19.7. The van der Waals surface area contributed by atoms with Gasteiger partial charge in [-0.2, -0.15) is 0 Å². The Morgan fingerprint density at radius 2 is 1.66 bits per heavy atom. The van der Waals surface area contributed by atoms with Crippen molar-refractivity contribution < 1.29 is 23.5 Å². The molecular weight excluding hydrogens is 520 g/mol. The summed E-state index contributed by atoms with van der Waals surface area (Å²) in [6.45, 7) is 7.33. The SMILES string of the molecule is CC(C)(C)c1ccc(-c2nnc(-c3cccc(NC(=O)c4ccc5c(c4)C(=O)N(CC4CCCO4)C5=O)c3)o2)cc1. The second kappa shape index (κ2) is 10.4. The number of hydrogen-bond acceptors (Lipinski definition) is 7. The summed E-state index contributed by atoms with van der Waals surface area (Å²) in [4.78, 5) is 40.1. The van der Waals surface area contributed by atoms with Gasteiger partial charge in [0.1, 0.15) is 0 Å². The quantitative estimate of drug-likeness (QED) is 0.305. The minimum Gasteiger partial charge on any atom is -0.416 e. The Kier molecular flexibility index (Phi) is 6.75. The van der Waals surface area contributed by atoms with Crippen molar-refractivity contribution in [3.63, 3.8) is 0 Å². The number of aromatic nitrogens is 2. The molecule has 0 aliphatic carbocycles. The molecule has 1 fully saturated rings. The van der Waals surface area contributed by atoms with Crippen LogP contribution in [0.1, 0.15) is 70.3 Å². The van der Waals surface area contributed by atoms with Crippen LogP contribution in [0.3, 0.4) is 0 Å². The molecule has 4 aromatic rings. The van der Waals surface area contributed by atoms with Crippen LogP contribution in [0.5, 0.6) is 0 Å². The van der Waals surface area contributed by atoms with Crippen LogP contribution >= 0.6 is 0 Å². The van der Waals surface area contributed by atoms with Gasteiger partial charge in [0.2, 0.25) is 11.8 Å². The van der Waals surface area contributed by atoms with Gasteiger partial charge in [0.05, 0.1) is 23.8 Å². The standard InChI is InChI=1S/C32H30N4O5/c1-32(2,3)22-12-9-19(10-13-22)28-34-35-29(41-28)21-6-4-7-23(16-21)33-27(37)20-11-14-25-26(17-20)31(39)36(30(25)38)18-24-8-5-15-40-24/h4,6-7,9-14,16-17,24H,5,8,15,18H2,1-3H3,(H,33,37). The fraction of sp³-hybridized carbons (Fsp3) is 0.281. The fourth-order valence-corrected chi connectivity index (χ4v) is 5.09. The van der Waals surface area contributed by atoms with Crippen molar-refractivity contribution in [1.29, 1.82) is 0 Å². The Bertz CT molecular complexity index is 1650. The van der Waals surface area contributed by atoms with Gasteiger partial charge in [-0.05, 0) is 72.4 Å². The zero-order chi connectivity index (χ0) is 28.7. The molecule has 208 valence electrons. The van der Waals surface area contributed by atoms with Crippen molar-refractivity contribution >= 4 is 23.4 Å². The monoisotopic (exact) mass is 550 g/mol. The number of carbonyl (C=O) groups is 3. The lowest BCUT2D eigenvalue weighted by Crippen LogP contribution is -2.36. The second-order valence-corrected chi connectivity index (χ2v) is 11.4. The minimum atomic E-state index is -0.409. The summed E-state index contributed by atoms with van der Waals surface area (Å²) in [5.74, 6) is -0.445. The molecule has 2 aliphatic heterocycles. The van der Waals surface area contributed by atoms with E-state index in [4.69, 9.17) is 9.15 Å². The van der Waals surface area contributed by atoms with Crippen molar-refractivity contribution in [1.82, 2.24) is 15.1 Å². The van der Waals surface area contributed by atoms with Crippen LogP contribution in [0, 0.1) is 0 Å². The highest BCUT2D eigenvalue weighted by atomic mass is 16.5. The molecule has 1 N–H and O–H groups in total. The Balaban J connectivity index is 1.16. The van der Waals surface area contributed by atoms with E-state index < -0.39 is 11.8 Å². The molecule has 0 saturated carbocycles. The van der Waals surface area contributed by atoms with Gasteiger partial charge >= 0.3 is 0 Å². The van der Waals surface area contributed by atoms with E-state index in [0.29, 0.717) is 35.2 Å². The average molecular weight is 551 g/mol. The minimum absolute atomic E-state index is 0.0426. The van der Waals surface area contributed by atoms with Crippen LogP contribution in [0.4, 0.5) is 5.69 Å². The van der Waals surface area contributed by atoms with E-state index in [-0.39, 0.29) is 35.1 Å². The third kappa shape index (κ3) is 5.28. The number of amides is 3. The van der Waals surface area contributed by atoms with Crippen LogP contribution in [-0.4, -0.2) is 52.1 Å². The molecular formula is C32H30N4O5. The van der Waals surface area contributed by atoms with Gasteiger partial charge in [0, 0.05) is 29.0 Å². The van der Waals surface area contributed by atoms with Gasteiger partial charge in [-0.15, -0.1) is 10.2 Å². The number of rotatable bonds is 6. The van der Waals surface area contributed by atoms with Crippen LogP contribution in [0.2, 0.25) is 0 Å². The molecule has 1 atom stereocenters. The Morgan fingerprint density at radius 3 is 2.37 bits per heavy atom. The lowest BCUT2D eigenvalue weighted by atomic mass is 9.87. The number of anilines is 1. The molecule has 0 radical (unpaired) electrons. The zero-order valence-corrected chi connectivity index (χ0v) is 23.1. The molecule has 3 heterocycles. The van der Waals surface area contributed by atoms with E-state index in [1.807, 2.05) is 18.2 Å². The lowest BCUT2D eigenvalue weighted by molar-refractivity contribution is 0.0475. The molecule has 3 aromatic carbocycles. The van der Waals surface area contributed by atoms with E-state index in [9.17, 15) is 14.4 Å². The first-order valence-corrected chi connectivity index (χ1v) is 13.7. The Labute approximate surface area is 237 Å². The summed E-state index contributed by atoms with van der Waals surface area (Å²) in [5.41, 5.74) is 4.03. The summed E-state index contributed by atoms with van der Waals surface area (Å²) in [7, 11) is 0. The number of ether oxygens (including phenoxy) is 1. The van der Waals surface area contributed by atoms with Gasteiger partial charge in [-0.25, -0.2) is 0 Å². The van der Waals surface area contributed by atoms with Crippen LogP contribution in [-0.2, 0) is 10.2 Å². The van der Waals surface area contributed by atoms with Gasteiger partial charge < -0.3 is 14.5 Å². The van der Waals surface area contributed by atoms with Crippen molar-refractivity contribution in [2.75, 3.05) is 18.5 Å². The maximum atomic E-state index is 13.1. The maximum Gasteiger partial charge on any atom is 0.261 e. The number of nitrogens with one attached hydrogen (secondary N) is 1. The smallest absolute Gasteiger partial charge is 0.261 e. The molecule has 41 heavy (non-hydrogen) atoms. The summed E-state index contributed by atoms with van der Waals surface area (Å²) in [6.07, 6.45) is 1.59. The molecule has 9 heteroatoms. The molecule has 9 nitrogen and oxygen atoms in total. The highest BCUT2D eigenvalue weighted by Gasteiger charge is 2.38. The number of benzene rings is 3. The van der Waals surface area contributed by atoms with Gasteiger partial charge in [0.25, 0.3) is 17.7 Å². The fourth-order valence-electron chi connectivity index (χ4n) is 5.09. The van der Waals surface area contributed by atoms with E-state index in [1.165, 1.54) is 22.6 Å². The second-order valence-electron chi connectivity index (χ2n) is 11.4. The molecule has 0 spiro atoms. The summed E-state index contributed by atoms with van der Waals surface area (Å²) < 4.78 is 11.5. The Hall–Kier alpha value is -4.63. The highest BCUT2D eigenvalue weighted by Crippen LogP contribution is 2.29. The molecule has 2 aliphatic rings. The van der Waals surface area contributed by atoms with E-state index in [0.717, 1.165) is 18.4 Å². The molecule has 1 aromatic heterocycles. The average Bonchev–Trinajstić information content (AvgIpc) is 3.71. The molecule has 6 rings (SSSR count). The van der Waals surface area contributed by atoms with Crippen molar-refractivity contribution in [3.8, 4) is 22.9 Å². The number of fused-ring (bicyclic) bond motifs is 1. The first kappa shape index (κ1) is 26.6. The van der Waals surface area contributed by atoms with Crippen molar-refractivity contribution in [2.45, 2.75) is 45.1 Å². The summed E-state index contributed by atoms with van der Waals surface area (Å²) >= 11 is 0. The number of carbonyl (C=O) groups excluding carboxylic acids is 3.